The van der Waals surface area contributed by atoms with Gasteiger partial charge < -0.3 is 10.1 Å². The second-order valence-electron chi connectivity index (χ2n) is 4.64. The number of nitrogens with zero attached hydrogens (tertiary/aromatic N) is 1. The minimum Gasteiger partial charge on any atom is -0.494 e. The SMILES string of the molecule is CN(C(=O)NCCCOc1ccccc1)c1ccccc1. The molecule has 0 aliphatic rings. The summed E-state index contributed by atoms with van der Waals surface area (Å²) in [5.41, 5.74) is 0.871. The van der Waals surface area contributed by atoms with Gasteiger partial charge in [-0.3, -0.25) is 4.90 Å². The maximum absolute atomic E-state index is 12.0. The molecular formula is C17H20N2O2. The average molecular weight is 284 g/mol. The monoisotopic (exact) mass is 284 g/mol. The van der Waals surface area contributed by atoms with E-state index in [0.29, 0.717) is 13.2 Å². The van der Waals surface area contributed by atoms with Crippen molar-refractivity contribution in [1.29, 1.82) is 0 Å². The molecule has 2 rings (SSSR count). The Balaban J connectivity index is 1.65. The predicted molar refractivity (Wildman–Crippen MR) is 84.8 cm³/mol. The van der Waals surface area contributed by atoms with Crippen LogP contribution in [0.4, 0.5) is 10.5 Å². The molecule has 0 saturated heterocycles. The van der Waals surface area contributed by atoms with Crippen LogP contribution in [-0.4, -0.2) is 26.2 Å². The second kappa shape index (κ2) is 7.94. The summed E-state index contributed by atoms with van der Waals surface area (Å²) in [6, 6.07) is 19.1. The molecule has 0 fully saturated rings. The first kappa shape index (κ1) is 14.9. The summed E-state index contributed by atoms with van der Waals surface area (Å²) < 4.78 is 5.57. The van der Waals surface area contributed by atoms with Gasteiger partial charge in [0.2, 0.25) is 0 Å². The van der Waals surface area contributed by atoms with Crippen molar-refractivity contribution in [2.45, 2.75) is 6.42 Å². The minimum atomic E-state index is -0.110. The minimum absolute atomic E-state index is 0.110. The van der Waals surface area contributed by atoms with Crippen LogP contribution in [0.25, 0.3) is 0 Å². The van der Waals surface area contributed by atoms with Gasteiger partial charge >= 0.3 is 6.03 Å². The van der Waals surface area contributed by atoms with Crippen molar-refractivity contribution < 1.29 is 9.53 Å². The summed E-state index contributed by atoms with van der Waals surface area (Å²) in [7, 11) is 1.76. The Labute approximate surface area is 125 Å². The molecule has 1 N–H and O–H groups in total. The predicted octanol–water partition coefficient (Wildman–Crippen LogP) is 3.30. The van der Waals surface area contributed by atoms with Crippen LogP contribution >= 0.6 is 0 Å². The van der Waals surface area contributed by atoms with E-state index in [1.54, 1.807) is 11.9 Å². The average Bonchev–Trinajstić information content (AvgIpc) is 2.55. The molecule has 0 saturated carbocycles. The fourth-order valence-electron chi connectivity index (χ4n) is 1.86. The van der Waals surface area contributed by atoms with Crippen molar-refractivity contribution in [3.8, 4) is 5.75 Å². The molecule has 21 heavy (non-hydrogen) atoms. The van der Waals surface area contributed by atoms with Crippen molar-refractivity contribution in [2.75, 3.05) is 25.1 Å². The lowest BCUT2D eigenvalue weighted by molar-refractivity contribution is 0.245. The van der Waals surface area contributed by atoms with Crippen molar-refractivity contribution in [3.63, 3.8) is 0 Å². The maximum atomic E-state index is 12.0. The van der Waals surface area contributed by atoms with Gasteiger partial charge in [0.05, 0.1) is 6.61 Å². The van der Waals surface area contributed by atoms with Gasteiger partial charge in [-0.1, -0.05) is 36.4 Å². The fourth-order valence-corrected chi connectivity index (χ4v) is 1.86. The third-order valence-electron chi connectivity index (χ3n) is 3.06. The molecule has 0 atom stereocenters. The Morgan fingerprint density at radius 1 is 1.05 bits per heavy atom. The molecule has 2 aromatic carbocycles. The zero-order valence-electron chi connectivity index (χ0n) is 12.2. The van der Waals surface area contributed by atoms with E-state index in [1.807, 2.05) is 60.7 Å². The summed E-state index contributed by atoms with van der Waals surface area (Å²) in [5, 5.41) is 2.87. The highest BCUT2D eigenvalue weighted by Gasteiger charge is 2.08. The van der Waals surface area contributed by atoms with E-state index >= 15 is 0 Å². The van der Waals surface area contributed by atoms with Gasteiger partial charge in [0.25, 0.3) is 0 Å². The molecule has 0 spiro atoms. The van der Waals surface area contributed by atoms with Gasteiger partial charge in [0.15, 0.2) is 0 Å². The van der Waals surface area contributed by atoms with E-state index in [1.165, 1.54) is 0 Å². The van der Waals surface area contributed by atoms with E-state index in [9.17, 15) is 4.79 Å². The van der Waals surface area contributed by atoms with Crippen LogP contribution in [0.3, 0.4) is 0 Å². The maximum Gasteiger partial charge on any atom is 0.321 e. The van der Waals surface area contributed by atoms with Gasteiger partial charge in [-0.05, 0) is 30.7 Å². The number of benzene rings is 2. The fraction of sp³-hybridized carbons (Fsp3) is 0.235. The van der Waals surface area contributed by atoms with E-state index < -0.39 is 0 Å². The number of rotatable bonds is 6. The molecule has 0 heterocycles. The number of nitrogens with one attached hydrogen (secondary N) is 1. The van der Waals surface area contributed by atoms with Gasteiger partial charge in [-0.2, -0.15) is 0 Å². The van der Waals surface area contributed by atoms with Crippen LogP contribution < -0.4 is 15.0 Å². The van der Waals surface area contributed by atoms with Crippen molar-refractivity contribution >= 4 is 11.7 Å². The highest BCUT2D eigenvalue weighted by Crippen LogP contribution is 2.11. The number of carbonyl (C=O) groups excluding carboxylic acids is 1. The number of amides is 2. The molecule has 2 aromatic rings. The van der Waals surface area contributed by atoms with Crippen LogP contribution in [0.2, 0.25) is 0 Å². The molecule has 0 aromatic heterocycles. The van der Waals surface area contributed by atoms with E-state index in [0.717, 1.165) is 17.9 Å². The third-order valence-corrected chi connectivity index (χ3v) is 3.06. The lowest BCUT2D eigenvalue weighted by atomic mass is 10.3. The number of urea groups is 1. The lowest BCUT2D eigenvalue weighted by Gasteiger charge is -2.18. The summed E-state index contributed by atoms with van der Waals surface area (Å²) >= 11 is 0. The Kier molecular flexibility index (Phi) is 5.64. The molecule has 4 heteroatoms. The number of hydrogen-bond donors (Lipinski definition) is 1. The molecule has 0 radical (unpaired) electrons. The van der Waals surface area contributed by atoms with Gasteiger partial charge in [0.1, 0.15) is 5.75 Å². The van der Waals surface area contributed by atoms with Crippen LogP contribution in [-0.2, 0) is 0 Å². The normalized spacial score (nSPS) is 9.95. The number of hydrogen-bond acceptors (Lipinski definition) is 2. The molecule has 0 aliphatic carbocycles. The Morgan fingerprint density at radius 2 is 1.67 bits per heavy atom. The number of para-hydroxylation sites is 2. The number of ether oxygens (including phenoxy) is 1. The first-order valence-corrected chi connectivity index (χ1v) is 7.02. The molecule has 110 valence electrons. The van der Waals surface area contributed by atoms with E-state index in [-0.39, 0.29) is 6.03 Å². The summed E-state index contributed by atoms with van der Waals surface area (Å²) in [4.78, 5) is 13.5. The smallest absolute Gasteiger partial charge is 0.321 e. The molecule has 2 amide bonds. The molecular weight excluding hydrogens is 264 g/mol. The van der Waals surface area contributed by atoms with E-state index in [2.05, 4.69) is 5.32 Å². The van der Waals surface area contributed by atoms with Crippen LogP contribution in [0, 0.1) is 0 Å². The number of anilines is 1. The standard InChI is InChI=1S/C17H20N2O2/c1-19(15-9-4-2-5-10-15)17(20)18-13-8-14-21-16-11-6-3-7-12-16/h2-7,9-12H,8,13-14H2,1H3,(H,18,20). The first-order chi connectivity index (χ1) is 10.3. The Hall–Kier alpha value is -2.49. The highest BCUT2D eigenvalue weighted by molar-refractivity contribution is 5.91. The van der Waals surface area contributed by atoms with Crippen LogP contribution in [0.5, 0.6) is 5.75 Å². The van der Waals surface area contributed by atoms with Gasteiger partial charge in [0, 0.05) is 19.3 Å². The van der Waals surface area contributed by atoms with Crippen molar-refractivity contribution in [1.82, 2.24) is 5.32 Å². The Bertz CT molecular complexity index is 543. The van der Waals surface area contributed by atoms with Gasteiger partial charge in [-0.15, -0.1) is 0 Å². The number of carbonyl (C=O) groups is 1. The van der Waals surface area contributed by atoms with Gasteiger partial charge in [-0.25, -0.2) is 4.79 Å². The zero-order chi connectivity index (χ0) is 14.9. The Morgan fingerprint density at radius 3 is 2.33 bits per heavy atom. The summed E-state index contributed by atoms with van der Waals surface area (Å²) in [5.74, 6) is 0.852. The lowest BCUT2D eigenvalue weighted by Crippen LogP contribution is -2.38. The third kappa shape index (κ3) is 4.84. The molecule has 4 nitrogen and oxygen atoms in total. The van der Waals surface area contributed by atoms with Crippen LogP contribution in [0.15, 0.2) is 60.7 Å². The molecule has 0 unspecified atom stereocenters. The van der Waals surface area contributed by atoms with Crippen molar-refractivity contribution in [3.05, 3.63) is 60.7 Å². The highest BCUT2D eigenvalue weighted by atomic mass is 16.5. The second-order valence-corrected chi connectivity index (χ2v) is 4.64. The van der Waals surface area contributed by atoms with E-state index in [4.69, 9.17) is 4.74 Å². The largest absolute Gasteiger partial charge is 0.494 e. The molecule has 0 bridgehead atoms. The summed E-state index contributed by atoms with van der Waals surface area (Å²) in [6.45, 7) is 1.17. The summed E-state index contributed by atoms with van der Waals surface area (Å²) in [6.07, 6.45) is 0.767. The zero-order valence-corrected chi connectivity index (χ0v) is 12.2. The molecule has 0 aliphatic heterocycles. The first-order valence-electron chi connectivity index (χ1n) is 7.02. The van der Waals surface area contributed by atoms with Crippen molar-refractivity contribution in [2.24, 2.45) is 0 Å². The van der Waals surface area contributed by atoms with Crippen LogP contribution in [0.1, 0.15) is 6.42 Å². The quantitative estimate of drug-likeness (QED) is 0.827. The topological polar surface area (TPSA) is 41.6 Å².